The lowest BCUT2D eigenvalue weighted by Gasteiger charge is -2.24. The minimum absolute atomic E-state index is 0. The molecule has 0 aromatic heterocycles. The molecule has 2 fully saturated rings. The monoisotopic (exact) mass is 338 g/mol. The van der Waals surface area contributed by atoms with Crippen molar-refractivity contribution in [3.8, 4) is 0 Å². The lowest BCUT2D eigenvalue weighted by Crippen LogP contribution is -2.44. The van der Waals surface area contributed by atoms with Crippen LogP contribution in [0, 0.1) is 12.8 Å². The average molecular weight is 339 g/mol. The minimum atomic E-state index is -0.645. The van der Waals surface area contributed by atoms with Gasteiger partial charge in [-0.25, -0.2) is 0 Å². The average Bonchev–Trinajstić information content (AvgIpc) is 2.97. The van der Waals surface area contributed by atoms with Crippen molar-refractivity contribution in [3.63, 3.8) is 0 Å². The molecule has 1 aliphatic heterocycles. The molecule has 1 saturated heterocycles. The van der Waals surface area contributed by atoms with E-state index < -0.39 is 6.10 Å². The van der Waals surface area contributed by atoms with Gasteiger partial charge in [-0.1, -0.05) is 42.7 Å². The van der Waals surface area contributed by atoms with Crippen LogP contribution in [0.1, 0.15) is 49.3 Å². The van der Waals surface area contributed by atoms with E-state index in [1.807, 2.05) is 31.2 Å². The van der Waals surface area contributed by atoms with E-state index in [9.17, 15) is 9.90 Å². The second kappa shape index (κ2) is 8.13. The van der Waals surface area contributed by atoms with E-state index in [2.05, 4.69) is 10.6 Å². The number of carbonyl (C=O) groups is 1. The zero-order valence-corrected chi connectivity index (χ0v) is 14.4. The van der Waals surface area contributed by atoms with Crippen LogP contribution < -0.4 is 10.6 Å². The van der Waals surface area contributed by atoms with Gasteiger partial charge >= 0.3 is 0 Å². The summed E-state index contributed by atoms with van der Waals surface area (Å²) in [6, 6.07) is 8.21. The van der Waals surface area contributed by atoms with Gasteiger partial charge in [0.15, 0.2) is 0 Å². The number of hydrogen-bond acceptors (Lipinski definition) is 3. The highest BCUT2D eigenvalue weighted by Crippen LogP contribution is 2.33. The zero-order chi connectivity index (χ0) is 15.5. The van der Waals surface area contributed by atoms with Gasteiger partial charge in [0, 0.05) is 12.6 Å². The molecule has 4 atom stereocenters. The first-order valence-corrected chi connectivity index (χ1v) is 8.42. The van der Waals surface area contributed by atoms with Crippen LogP contribution in [0.4, 0.5) is 0 Å². The molecular weight excluding hydrogens is 312 g/mol. The van der Waals surface area contributed by atoms with Crippen LogP contribution in [0.3, 0.4) is 0 Å². The summed E-state index contributed by atoms with van der Waals surface area (Å²) in [5.74, 6) is 0.687. The van der Waals surface area contributed by atoms with Crippen molar-refractivity contribution in [1.29, 1.82) is 0 Å². The highest BCUT2D eigenvalue weighted by molar-refractivity contribution is 5.85. The van der Waals surface area contributed by atoms with E-state index in [0.29, 0.717) is 12.0 Å². The van der Waals surface area contributed by atoms with Crippen LogP contribution in [-0.2, 0) is 4.79 Å². The number of rotatable bonds is 4. The molecule has 1 aromatic rings. The number of amides is 1. The van der Waals surface area contributed by atoms with Crippen LogP contribution in [-0.4, -0.2) is 29.6 Å². The van der Waals surface area contributed by atoms with Crippen LogP contribution in [0.25, 0.3) is 0 Å². The highest BCUT2D eigenvalue weighted by Gasteiger charge is 2.38. The fraction of sp³-hybridized carbons (Fsp3) is 0.611. The van der Waals surface area contributed by atoms with Gasteiger partial charge in [-0.05, 0) is 37.7 Å². The maximum atomic E-state index is 12.3. The Morgan fingerprint density at radius 3 is 2.70 bits per heavy atom. The first-order chi connectivity index (χ1) is 10.6. The molecule has 1 heterocycles. The van der Waals surface area contributed by atoms with Gasteiger partial charge in [-0.2, -0.15) is 0 Å². The Balaban J connectivity index is 0.00000192. The Morgan fingerprint density at radius 1 is 1.30 bits per heavy atom. The van der Waals surface area contributed by atoms with Gasteiger partial charge in [0.1, 0.15) is 0 Å². The van der Waals surface area contributed by atoms with Crippen LogP contribution in [0.5, 0.6) is 0 Å². The third-order valence-corrected chi connectivity index (χ3v) is 5.11. The molecule has 1 aliphatic carbocycles. The largest absolute Gasteiger partial charge is 0.387 e. The highest BCUT2D eigenvalue weighted by atomic mass is 35.5. The number of aliphatic hydroxyl groups excluding tert-OH is 1. The smallest absolute Gasteiger partial charge is 0.237 e. The summed E-state index contributed by atoms with van der Waals surface area (Å²) in [5, 5.41) is 16.5. The third-order valence-electron chi connectivity index (χ3n) is 5.11. The van der Waals surface area contributed by atoms with E-state index in [-0.39, 0.29) is 30.9 Å². The number of aryl methyl sites for hydroxylation is 1. The Labute approximate surface area is 144 Å². The number of benzene rings is 1. The molecule has 1 aromatic carbocycles. The normalized spacial score (nSPS) is 27.7. The predicted molar refractivity (Wildman–Crippen MR) is 93.7 cm³/mol. The molecule has 4 unspecified atom stereocenters. The molecule has 0 spiro atoms. The minimum Gasteiger partial charge on any atom is -0.387 e. The Kier molecular flexibility index (Phi) is 6.45. The summed E-state index contributed by atoms with van der Waals surface area (Å²) in [4.78, 5) is 12.3. The molecule has 1 amide bonds. The van der Waals surface area contributed by atoms with Crippen LogP contribution in [0.15, 0.2) is 24.3 Å². The SMILES string of the molecule is Cc1ccc(C(O)CNC(=O)C2CC3CCCCC3N2)cc1.Cl. The quantitative estimate of drug-likeness (QED) is 0.790. The maximum absolute atomic E-state index is 12.3. The van der Waals surface area contributed by atoms with Crippen LogP contribution >= 0.6 is 12.4 Å². The van der Waals surface area contributed by atoms with Gasteiger partial charge in [0.05, 0.1) is 12.1 Å². The van der Waals surface area contributed by atoms with Crippen molar-refractivity contribution >= 4 is 18.3 Å². The molecule has 0 radical (unpaired) electrons. The van der Waals surface area contributed by atoms with E-state index in [4.69, 9.17) is 0 Å². The van der Waals surface area contributed by atoms with Crippen molar-refractivity contribution in [1.82, 2.24) is 10.6 Å². The lowest BCUT2D eigenvalue weighted by molar-refractivity contribution is -0.123. The molecule has 1 saturated carbocycles. The molecule has 23 heavy (non-hydrogen) atoms. The van der Waals surface area contributed by atoms with Gasteiger partial charge in [0.2, 0.25) is 5.91 Å². The molecule has 3 rings (SSSR count). The second-order valence-corrected chi connectivity index (χ2v) is 6.78. The van der Waals surface area contributed by atoms with Crippen molar-refractivity contribution in [2.75, 3.05) is 6.54 Å². The van der Waals surface area contributed by atoms with Crippen LogP contribution in [0.2, 0.25) is 0 Å². The second-order valence-electron chi connectivity index (χ2n) is 6.78. The third kappa shape index (κ3) is 4.46. The Bertz CT molecular complexity index is 506. The van der Waals surface area contributed by atoms with E-state index >= 15 is 0 Å². The van der Waals surface area contributed by atoms with E-state index in [1.165, 1.54) is 25.7 Å². The number of fused-ring (bicyclic) bond motifs is 1. The topological polar surface area (TPSA) is 61.4 Å². The van der Waals surface area contributed by atoms with Crippen molar-refractivity contribution in [2.45, 2.75) is 57.2 Å². The lowest BCUT2D eigenvalue weighted by atomic mass is 9.85. The van der Waals surface area contributed by atoms with E-state index in [0.717, 1.165) is 17.5 Å². The first kappa shape index (κ1) is 18.2. The van der Waals surface area contributed by atoms with Crippen molar-refractivity contribution in [3.05, 3.63) is 35.4 Å². The standard InChI is InChI=1S/C18H26N2O2.ClH/c1-12-6-8-13(9-7-12)17(21)11-19-18(22)16-10-14-4-2-3-5-15(14)20-16;/h6-9,14-17,20-21H,2-5,10-11H2,1H3,(H,19,22);1H. The Morgan fingerprint density at radius 2 is 2.00 bits per heavy atom. The first-order valence-electron chi connectivity index (χ1n) is 8.42. The van der Waals surface area contributed by atoms with Gasteiger partial charge in [0.25, 0.3) is 0 Å². The van der Waals surface area contributed by atoms with E-state index in [1.54, 1.807) is 0 Å². The summed E-state index contributed by atoms with van der Waals surface area (Å²) in [6.45, 7) is 2.29. The number of nitrogens with one attached hydrogen (secondary N) is 2. The molecule has 4 nitrogen and oxygen atoms in total. The number of carbonyl (C=O) groups excluding carboxylic acids is 1. The van der Waals surface area contributed by atoms with Gasteiger partial charge in [-0.15, -0.1) is 12.4 Å². The molecular formula is C18H27ClN2O2. The molecule has 3 N–H and O–H groups in total. The number of halogens is 1. The van der Waals surface area contributed by atoms with Gasteiger partial charge in [-0.3, -0.25) is 4.79 Å². The molecule has 5 heteroatoms. The van der Waals surface area contributed by atoms with Crippen molar-refractivity contribution in [2.24, 2.45) is 5.92 Å². The fourth-order valence-electron chi connectivity index (χ4n) is 3.75. The Hall–Kier alpha value is -1.10. The molecule has 2 aliphatic rings. The summed E-state index contributed by atoms with van der Waals surface area (Å²) < 4.78 is 0. The fourth-order valence-corrected chi connectivity index (χ4v) is 3.75. The summed E-state index contributed by atoms with van der Waals surface area (Å²) in [5.41, 5.74) is 2.01. The molecule has 128 valence electrons. The summed E-state index contributed by atoms with van der Waals surface area (Å²) >= 11 is 0. The summed E-state index contributed by atoms with van der Waals surface area (Å²) in [6.07, 6.45) is 5.30. The number of aliphatic hydroxyl groups is 1. The summed E-state index contributed by atoms with van der Waals surface area (Å²) in [7, 11) is 0. The predicted octanol–water partition coefficient (Wildman–Crippen LogP) is 2.49. The van der Waals surface area contributed by atoms with Crippen molar-refractivity contribution < 1.29 is 9.90 Å². The number of hydrogen-bond donors (Lipinski definition) is 3. The van der Waals surface area contributed by atoms with Gasteiger partial charge < -0.3 is 15.7 Å². The zero-order valence-electron chi connectivity index (χ0n) is 13.6. The maximum Gasteiger partial charge on any atom is 0.237 e. The molecule has 0 bridgehead atoms.